The Morgan fingerprint density at radius 2 is 2.18 bits per heavy atom. The number of benzene rings is 1. The van der Waals surface area contributed by atoms with Crippen molar-refractivity contribution in [3.8, 4) is 5.75 Å². The molecule has 1 atom stereocenters. The van der Waals surface area contributed by atoms with Crippen molar-refractivity contribution in [3.63, 3.8) is 0 Å². The van der Waals surface area contributed by atoms with E-state index in [2.05, 4.69) is 13.8 Å². The minimum absolute atomic E-state index is 0.264. The van der Waals surface area contributed by atoms with Crippen LogP contribution in [0.1, 0.15) is 49.0 Å². The van der Waals surface area contributed by atoms with Crippen molar-refractivity contribution in [1.82, 2.24) is 0 Å². The summed E-state index contributed by atoms with van der Waals surface area (Å²) in [6.45, 7) is 5.08. The van der Waals surface area contributed by atoms with E-state index >= 15 is 0 Å². The number of hydrogen-bond donors (Lipinski definition) is 0. The molecule has 92 valence electrons. The van der Waals surface area contributed by atoms with E-state index in [1.54, 1.807) is 0 Å². The van der Waals surface area contributed by atoms with Crippen molar-refractivity contribution in [1.29, 1.82) is 0 Å². The molecule has 0 amide bonds. The van der Waals surface area contributed by atoms with Gasteiger partial charge >= 0.3 is 0 Å². The first-order valence-electron chi connectivity index (χ1n) is 6.50. The summed E-state index contributed by atoms with van der Waals surface area (Å²) in [5.74, 6) is 1.74. The third-order valence-corrected chi connectivity index (χ3v) is 3.48. The van der Waals surface area contributed by atoms with Gasteiger partial charge in [-0.1, -0.05) is 32.4 Å². The molecule has 0 aromatic heterocycles. The van der Waals surface area contributed by atoms with Crippen LogP contribution >= 0.6 is 0 Å². The highest BCUT2D eigenvalue weighted by molar-refractivity contribution is 5.99. The van der Waals surface area contributed by atoms with E-state index < -0.39 is 0 Å². The summed E-state index contributed by atoms with van der Waals surface area (Å²) in [5, 5.41) is 0. The fourth-order valence-electron chi connectivity index (χ4n) is 2.13. The standard InChI is InChI=1S/C15H20O2/c1-3-11(2)10-17-15-9-5-6-12-13(15)7-4-8-14(12)16/h5-6,9,11H,3-4,7-8,10H2,1-2H3. The normalized spacial score (nSPS) is 16.5. The molecule has 0 bridgehead atoms. The van der Waals surface area contributed by atoms with Crippen molar-refractivity contribution < 1.29 is 9.53 Å². The van der Waals surface area contributed by atoms with Crippen LogP contribution in [0.25, 0.3) is 0 Å². The topological polar surface area (TPSA) is 26.3 Å². The van der Waals surface area contributed by atoms with Crippen molar-refractivity contribution in [2.24, 2.45) is 5.92 Å². The van der Waals surface area contributed by atoms with Crippen LogP contribution in [0.3, 0.4) is 0 Å². The first-order chi connectivity index (χ1) is 8.22. The van der Waals surface area contributed by atoms with Crippen molar-refractivity contribution >= 4 is 5.78 Å². The van der Waals surface area contributed by atoms with Crippen molar-refractivity contribution in [2.45, 2.75) is 39.5 Å². The first kappa shape index (κ1) is 12.2. The Balaban J connectivity index is 2.18. The molecule has 0 saturated heterocycles. The van der Waals surface area contributed by atoms with E-state index in [1.165, 1.54) is 0 Å². The van der Waals surface area contributed by atoms with Crippen molar-refractivity contribution in [2.75, 3.05) is 6.61 Å². The largest absolute Gasteiger partial charge is 0.493 e. The number of hydrogen-bond acceptors (Lipinski definition) is 2. The molecule has 0 saturated carbocycles. The van der Waals surface area contributed by atoms with E-state index in [-0.39, 0.29) is 5.78 Å². The van der Waals surface area contributed by atoms with Crippen LogP contribution in [0, 0.1) is 5.92 Å². The van der Waals surface area contributed by atoms with Crippen LogP contribution < -0.4 is 4.74 Å². The fourth-order valence-corrected chi connectivity index (χ4v) is 2.13. The van der Waals surface area contributed by atoms with Gasteiger partial charge in [-0.2, -0.15) is 0 Å². The molecule has 0 N–H and O–H groups in total. The maximum absolute atomic E-state index is 11.8. The molecule has 1 aromatic carbocycles. The third kappa shape index (κ3) is 2.68. The maximum Gasteiger partial charge on any atom is 0.163 e. The van der Waals surface area contributed by atoms with Crippen molar-refractivity contribution in [3.05, 3.63) is 29.3 Å². The molecule has 1 aliphatic carbocycles. The lowest BCUT2D eigenvalue weighted by Crippen LogP contribution is -2.14. The molecule has 17 heavy (non-hydrogen) atoms. The summed E-state index contributed by atoms with van der Waals surface area (Å²) < 4.78 is 5.85. The summed E-state index contributed by atoms with van der Waals surface area (Å²) in [6, 6.07) is 5.83. The Morgan fingerprint density at radius 3 is 2.94 bits per heavy atom. The Hall–Kier alpha value is -1.31. The zero-order valence-corrected chi connectivity index (χ0v) is 10.7. The molecular formula is C15H20O2. The van der Waals surface area contributed by atoms with Crippen LogP contribution in [0.5, 0.6) is 5.75 Å². The third-order valence-electron chi connectivity index (χ3n) is 3.48. The van der Waals surface area contributed by atoms with Gasteiger partial charge in [0.15, 0.2) is 5.78 Å². The lowest BCUT2D eigenvalue weighted by atomic mass is 9.90. The Labute approximate surface area is 103 Å². The second kappa shape index (κ2) is 5.35. The van der Waals surface area contributed by atoms with Gasteiger partial charge in [0, 0.05) is 17.5 Å². The lowest BCUT2D eigenvalue weighted by molar-refractivity contribution is 0.0971. The average molecular weight is 232 g/mol. The summed E-state index contributed by atoms with van der Waals surface area (Å²) >= 11 is 0. The number of rotatable bonds is 4. The molecule has 2 rings (SSSR count). The van der Waals surface area contributed by atoms with E-state index in [0.717, 1.165) is 42.7 Å². The number of carbonyl (C=O) groups is 1. The number of ether oxygens (including phenoxy) is 1. The number of carbonyl (C=O) groups excluding carboxylic acids is 1. The molecule has 0 spiro atoms. The van der Waals surface area contributed by atoms with Crippen LogP contribution in [0.15, 0.2) is 18.2 Å². The predicted octanol–water partition coefficient (Wildman–Crippen LogP) is 3.63. The van der Waals surface area contributed by atoms with Gasteiger partial charge in [-0.15, -0.1) is 0 Å². The van der Waals surface area contributed by atoms with Gasteiger partial charge in [0.25, 0.3) is 0 Å². The number of Topliss-reactive ketones (excluding diaryl/α,β-unsaturated/α-hetero) is 1. The smallest absolute Gasteiger partial charge is 0.163 e. The zero-order valence-electron chi connectivity index (χ0n) is 10.7. The monoisotopic (exact) mass is 232 g/mol. The minimum atomic E-state index is 0.264. The highest BCUT2D eigenvalue weighted by Gasteiger charge is 2.20. The van der Waals surface area contributed by atoms with Crippen LogP contribution in [-0.2, 0) is 6.42 Å². The summed E-state index contributed by atoms with van der Waals surface area (Å²) in [6.07, 6.45) is 3.73. The molecule has 0 aliphatic heterocycles. The second-order valence-electron chi connectivity index (χ2n) is 4.88. The van der Waals surface area contributed by atoms with E-state index in [4.69, 9.17) is 4.74 Å². The molecule has 2 heteroatoms. The van der Waals surface area contributed by atoms with Crippen LogP contribution in [0.2, 0.25) is 0 Å². The van der Waals surface area contributed by atoms with E-state index in [9.17, 15) is 4.79 Å². The van der Waals surface area contributed by atoms with Gasteiger partial charge in [0.05, 0.1) is 6.61 Å². The summed E-state index contributed by atoms with van der Waals surface area (Å²) in [7, 11) is 0. The van der Waals surface area contributed by atoms with Gasteiger partial charge < -0.3 is 4.74 Å². The molecular weight excluding hydrogens is 212 g/mol. The average Bonchev–Trinajstić information content (AvgIpc) is 2.36. The van der Waals surface area contributed by atoms with Gasteiger partial charge in [-0.25, -0.2) is 0 Å². The quantitative estimate of drug-likeness (QED) is 0.792. The van der Waals surface area contributed by atoms with E-state index in [0.29, 0.717) is 12.3 Å². The molecule has 1 aliphatic rings. The summed E-state index contributed by atoms with van der Waals surface area (Å²) in [4.78, 5) is 11.8. The Morgan fingerprint density at radius 1 is 1.35 bits per heavy atom. The van der Waals surface area contributed by atoms with Gasteiger partial charge in [-0.3, -0.25) is 4.79 Å². The fraction of sp³-hybridized carbons (Fsp3) is 0.533. The highest BCUT2D eigenvalue weighted by Crippen LogP contribution is 2.29. The highest BCUT2D eigenvalue weighted by atomic mass is 16.5. The molecule has 0 fully saturated rings. The number of fused-ring (bicyclic) bond motifs is 1. The molecule has 0 heterocycles. The maximum atomic E-state index is 11.8. The van der Waals surface area contributed by atoms with Gasteiger partial charge in [-0.05, 0) is 24.8 Å². The Kier molecular flexibility index (Phi) is 3.82. The molecule has 1 aromatic rings. The van der Waals surface area contributed by atoms with E-state index in [1.807, 2.05) is 18.2 Å². The van der Waals surface area contributed by atoms with Crippen LogP contribution in [0.4, 0.5) is 0 Å². The number of ketones is 1. The first-order valence-corrected chi connectivity index (χ1v) is 6.50. The molecule has 1 unspecified atom stereocenters. The SMILES string of the molecule is CCC(C)COc1cccc2c1CCCC2=O. The van der Waals surface area contributed by atoms with Gasteiger partial charge in [0.1, 0.15) is 5.75 Å². The Bertz CT molecular complexity index is 409. The second-order valence-corrected chi connectivity index (χ2v) is 4.88. The summed E-state index contributed by atoms with van der Waals surface area (Å²) in [5.41, 5.74) is 1.99. The lowest BCUT2D eigenvalue weighted by Gasteiger charge is -2.19. The predicted molar refractivity (Wildman–Crippen MR) is 68.7 cm³/mol. The van der Waals surface area contributed by atoms with Crippen LogP contribution in [-0.4, -0.2) is 12.4 Å². The zero-order chi connectivity index (χ0) is 12.3. The molecule has 0 radical (unpaired) electrons. The van der Waals surface area contributed by atoms with Gasteiger partial charge in [0.2, 0.25) is 0 Å². The minimum Gasteiger partial charge on any atom is -0.493 e. The molecule has 2 nitrogen and oxygen atoms in total.